The van der Waals surface area contributed by atoms with E-state index in [0.29, 0.717) is 31.6 Å². The quantitative estimate of drug-likeness (QED) is 0.835. The Morgan fingerprint density at radius 3 is 2.46 bits per heavy atom. The van der Waals surface area contributed by atoms with E-state index < -0.39 is 11.2 Å². The number of aliphatic hydroxyl groups is 1. The zero-order chi connectivity index (χ0) is 19.1. The van der Waals surface area contributed by atoms with Crippen molar-refractivity contribution in [2.45, 2.75) is 63.8 Å². The predicted octanol–water partition coefficient (Wildman–Crippen LogP) is 2.85. The smallest absolute Gasteiger partial charge is 0.410 e. The standard InChI is InChI=1S/C20H26N2O4/c1-13-7-14(10-21)5-6-17(13)20(24)8-15-11-25-12-16(9-20)22(15)18(23)26-19(2,3)4/h5-7,15-16,24H,8-9,11-12H2,1-4H3. The Labute approximate surface area is 154 Å². The highest BCUT2D eigenvalue weighted by molar-refractivity contribution is 5.69. The van der Waals surface area contributed by atoms with Crippen LogP contribution in [0.1, 0.15) is 50.3 Å². The normalized spacial score (nSPS) is 28.4. The Kier molecular flexibility index (Phi) is 4.72. The fourth-order valence-corrected chi connectivity index (χ4v) is 4.06. The molecule has 2 heterocycles. The van der Waals surface area contributed by atoms with E-state index in [1.54, 1.807) is 17.0 Å². The summed E-state index contributed by atoms with van der Waals surface area (Å²) < 4.78 is 11.2. The third-order valence-electron chi connectivity index (χ3n) is 5.02. The first kappa shape index (κ1) is 18.7. The number of hydrogen-bond acceptors (Lipinski definition) is 5. The molecule has 6 heteroatoms. The average Bonchev–Trinajstić information content (AvgIpc) is 2.51. The molecule has 0 radical (unpaired) electrons. The molecular weight excluding hydrogens is 332 g/mol. The Bertz CT molecular complexity index is 733. The summed E-state index contributed by atoms with van der Waals surface area (Å²) in [6.07, 6.45) is 0.416. The summed E-state index contributed by atoms with van der Waals surface area (Å²) in [6, 6.07) is 6.99. The van der Waals surface area contributed by atoms with Crippen molar-refractivity contribution in [2.24, 2.45) is 0 Å². The molecular formula is C20H26N2O4. The van der Waals surface area contributed by atoms with Gasteiger partial charge in [-0.3, -0.25) is 4.90 Å². The van der Waals surface area contributed by atoms with Crippen LogP contribution in [-0.4, -0.2) is 47.0 Å². The zero-order valence-corrected chi connectivity index (χ0v) is 15.8. The second-order valence-electron chi connectivity index (χ2n) is 8.31. The topological polar surface area (TPSA) is 82.8 Å². The van der Waals surface area contributed by atoms with E-state index >= 15 is 0 Å². The lowest BCUT2D eigenvalue weighted by Gasteiger charge is -2.51. The molecule has 26 heavy (non-hydrogen) atoms. The fraction of sp³-hybridized carbons (Fsp3) is 0.600. The van der Waals surface area contributed by atoms with Crippen LogP contribution in [0.15, 0.2) is 18.2 Å². The highest BCUT2D eigenvalue weighted by Crippen LogP contribution is 2.42. The molecule has 140 valence electrons. The van der Waals surface area contributed by atoms with E-state index in [4.69, 9.17) is 14.7 Å². The van der Waals surface area contributed by atoms with Crippen LogP contribution >= 0.6 is 0 Å². The number of amides is 1. The number of ether oxygens (including phenoxy) is 2. The van der Waals surface area contributed by atoms with E-state index in [1.165, 1.54) is 0 Å². The number of morpholine rings is 1. The molecule has 1 aromatic rings. The van der Waals surface area contributed by atoms with Gasteiger partial charge in [-0.2, -0.15) is 5.26 Å². The van der Waals surface area contributed by atoms with Crippen LogP contribution in [0.2, 0.25) is 0 Å². The highest BCUT2D eigenvalue weighted by atomic mass is 16.6. The average molecular weight is 358 g/mol. The van der Waals surface area contributed by atoms with E-state index in [2.05, 4.69) is 6.07 Å². The van der Waals surface area contributed by atoms with Gasteiger partial charge in [-0.05, 0) is 51.0 Å². The molecule has 1 aromatic carbocycles. The molecule has 0 aliphatic carbocycles. The fourth-order valence-electron chi connectivity index (χ4n) is 4.06. The summed E-state index contributed by atoms with van der Waals surface area (Å²) in [5, 5.41) is 20.5. The predicted molar refractivity (Wildman–Crippen MR) is 95.5 cm³/mol. The van der Waals surface area contributed by atoms with Gasteiger partial charge in [0.05, 0.1) is 42.5 Å². The van der Waals surface area contributed by atoms with Crippen LogP contribution in [0.5, 0.6) is 0 Å². The van der Waals surface area contributed by atoms with E-state index in [0.717, 1.165) is 11.1 Å². The van der Waals surface area contributed by atoms with Crippen LogP contribution in [0, 0.1) is 18.3 Å². The minimum atomic E-state index is -1.05. The van der Waals surface area contributed by atoms with Crippen LogP contribution in [-0.2, 0) is 15.1 Å². The summed E-state index contributed by atoms with van der Waals surface area (Å²) in [4.78, 5) is 14.4. The minimum absolute atomic E-state index is 0.239. The van der Waals surface area contributed by atoms with Crippen molar-refractivity contribution in [1.29, 1.82) is 5.26 Å². The van der Waals surface area contributed by atoms with Gasteiger partial charge in [0, 0.05) is 12.8 Å². The Hall–Kier alpha value is -2.10. The Balaban J connectivity index is 1.87. The molecule has 2 atom stereocenters. The molecule has 1 amide bonds. The Morgan fingerprint density at radius 2 is 1.96 bits per heavy atom. The maximum absolute atomic E-state index is 12.7. The van der Waals surface area contributed by atoms with Gasteiger partial charge < -0.3 is 14.6 Å². The van der Waals surface area contributed by atoms with E-state index in [9.17, 15) is 9.90 Å². The summed E-state index contributed by atoms with van der Waals surface area (Å²) in [6.45, 7) is 8.20. The highest BCUT2D eigenvalue weighted by Gasteiger charge is 2.50. The van der Waals surface area contributed by atoms with Crippen molar-refractivity contribution >= 4 is 6.09 Å². The number of carbonyl (C=O) groups is 1. The largest absolute Gasteiger partial charge is 0.444 e. The van der Waals surface area contributed by atoms with Crippen molar-refractivity contribution in [1.82, 2.24) is 4.90 Å². The number of piperidine rings is 1. The van der Waals surface area contributed by atoms with Crippen molar-refractivity contribution in [3.63, 3.8) is 0 Å². The zero-order valence-electron chi connectivity index (χ0n) is 15.8. The maximum Gasteiger partial charge on any atom is 0.410 e. The van der Waals surface area contributed by atoms with Crippen LogP contribution in [0.4, 0.5) is 4.79 Å². The molecule has 2 bridgehead atoms. The van der Waals surface area contributed by atoms with Gasteiger partial charge in [-0.15, -0.1) is 0 Å². The molecule has 1 N–H and O–H groups in total. The third kappa shape index (κ3) is 3.55. The molecule has 3 rings (SSSR count). The van der Waals surface area contributed by atoms with Crippen LogP contribution < -0.4 is 0 Å². The number of fused-ring (bicyclic) bond motifs is 2. The molecule has 2 saturated heterocycles. The van der Waals surface area contributed by atoms with Gasteiger partial charge in [-0.1, -0.05) is 6.07 Å². The minimum Gasteiger partial charge on any atom is -0.444 e. The van der Waals surface area contributed by atoms with Gasteiger partial charge in [0.2, 0.25) is 0 Å². The first-order valence-electron chi connectivity index (χ1n) is 8.96. The molecule has 2 aliphatic heterocycles. The summed E-state index contributed by atoms with van der Waals surface area (Å²) >= 11 is 0. The van der Waals surface area contributed by atoms with Crippen LogP contribution in [0.25, 0.3) is 0 Å². The number of hydrogen-bond donors (Lipinski definition) is 1. The Morgan fingerprint density at radius 1 is 1.35 bits per heavy atom. The van der Waals surface area contributed by atoms with Crippen molar-refractivity contribution < 1.29 is 19.4 Å². The summed E-state index contributed by atoms with van der Waals surface area (Å²) in [7, 11) is 0. The van der Waals surface area contributed by atoms with Gasteiger partial charge in [-0.25, -0.2) is 4.79 Å². The lowest BCUT2D eigenvalue weighted by atomic mass is 9.75. The maximum atomic E-state index is 12.7. The van der Waals surface area contributed by atoms with Crippen LogP contribution in [0.3, 0.4) is 0 Å². The number of nitriles is 1. The molecule has 0 aromatic heterocycles. The van der Waals surface area contributed by atoms with Crippen molar-refractivity contribution in [2.75, 3.05) is 13.2 Å². The summed E-state index contributed by atoms with van der Waals surface area (Å²) in [5.41, 5.74) is 0.664. The molecule has 6 nitrogen and oxygen atoms in total. The number of aryl methyl sites for hydroxylation is 1. The monoisotopic (exact) mass is 358 g/mol. The number of rotatable bonds is 1. The SMILES string of the molecule is Cc1cc(C#N)ccc1C1(O)CC2COCC(C1)N2C(=O)OC(C)(C)C. The van der Waals surface area contributed by atoms with Gasteiger partial charge in [0.1, 0.15) is 5.60 Å². The summed E-state index contributed by atoms with van der Waals surface area (Å²) in [5.74, 6) is 0. The number of carbonyl (C=O) groups excluding carboxylic acids is 1. The van der Waals surface area contributed by atoms with E-state index in [1.807, 2.05) is 33.8 Å². The second kappa shape index (κ2) is 6.57. The number of benzene rings is 1. The van der Waals surface area contributed by atoms with Gasteiger partial charge in [0.15, 0.2) is 0 Å². The first-order chi connectivity index (χ1) is 12.1. The lowest BCUT2D eigenvalue weighted by molar-refractivity contribution is -0.141. The molecule has 2 fully saturated rings. The molecule has 2 aliphatic rings. The molecule has 0 saturated carbocycles. The van der Waals surface area contributed by atoms with Gasteiger partial charge in [0.25, 0.3) is 0 Å². The molecule has 2 unspecified atom stereocenters. The second-order valence-corrected chi connectivity index (χ2v) is 8.31. The lowest BCUT2D eigenvalue weighted by Crippen LogP contribution is -2.63. The van der Waals surface area contributed by atoms with Crippen molar-refractivity contribution in [3.05, 3.63) is 34.9 Å². The third-order valence-corrected chi connectivity index (χ3v) is 5.02. The number of nitrogens with zero attached hydrogens (tertiary/aromatic N) is 2. The molecule has 0 spiro atoms. The first-order valence-corrected chi connectivity index (χ1v) is 8.96. The van der Waals surface area contributed by atoms with E-state index in [-0.39, 0.29) is 18.2 Å². The van der Waals surface area contributed by atoms with Crippen molar-refractivity contribution in [3.8, 4) is 6.07 Å². The van der Waals surface area contributed by atoms with Gasteiger partial charge >= 0.3 is 6.09 Å².